The standard InChI is InChI=1S/C23H32N4O6/c1-11-13(10-24)20(30)26(8-7-9-33-6)21(31)14(11)16-18(28)17(19(16)29)15-12(2)25-27(22(15)32)23(3,4)5/h16-19,28-29,31-32H,7-9H2,1-6H3. The Morgan fingerprint density at radius 3 is 2.15 bits per heavy atom. The Morgan fingerprint density at radius 1 is 1.09 bits per heavy atom. The van der Waals surface area contributed by atoms with Crippen molar-refractivity contribution in [1.82, 2.24) is 14.3 Å². The molecule has 10 nitrogen and oxygen atoms in total. The molecule has 0 saturated heterocycles. The van der Waals surface area contributed by atoms with Gasteiger partial charge in [0, 0.05) is 43.2 Å². The number of aliphatic hydroxyl groups is 2. The van der Waals surface area contributed by atoms with E-state index < -0.39 is 35.1 Å². The number of pyridine rings is 1. The number of ether oxygens (including phenoxy) is 1. The summed E-state index contributed by atoms with van der Waals surface area (Å²) in [4.78, 5) is 12.7. The maximum absolute atomic E-state index is 12.7. The van der Waals surface area contributed by atoms with Crippen molar-refractivity contribution in [2.24, 2.45) is 0 Å². The molecule has 0 amide bonds. The van der Waals surface area contributed by atoms with Gasteiger partial charge in [-0.1, -0.05) is 0 Å². The van der Waals surface area contributed by atoms with Crippen molar-refractivity contribution in [3.63, 3.8) is 0 Å². The largest absolute Gasteiger partial charge is 0.494 e. The highest BCUT2D eigenvalue weighted by molar-refractivity contribution is 5.51. The lowest BCUT2D eigenvalue weighted by Gasteiger charge is -2.47. The van der Waals surface area contributed by atoms with Crippen LogP contribution in [0.25, 0.3) is 0 Å². The summed E-state index contributed by atoms with van der Waals surface area (Å²) in [5, 5.41) is 57.8. The van der Waals surface area contributed by atoms with Gasteiger partial charge in [-0.15, -0.1) is 0 Å². The van der Waals surface area contributed by atoms with Crippen LogP contribution in [0.1, 0.15) is 67.0 Å². The third kappa shape index (κ3) is 3.90. The van der Waals surface area contributed by atoms with Crippen molar-refractivity contribution >= 4 is 0 Å². The van der Waals surface area contributed by atoms with Gasteiger partial charge in [-0.25, -0.2) is 4.68 Å². The van der Waals surface area contributed by atoms with Gasteiger partial charge in [-0.2, -0.15) is 10.4 Å². The summed E-state index contributed by atoms with van der Waals surface area (Å²) in [6.45, 7) is 9.29. The molecule has 10 heteroatoms. The van der Waals surface area contributed by atoms with E-state index >= 15 is 0 Å². The van der Waals surface area contributed by atoms with Crippen molar-refractivity contribution < 1.29 is 25.2 Å². The molecule has 33 heavy (non-hydrogen) atoms. The Hall–Kier alpha value is -2.87. The Labute approximate surface area is 192 Å². The Morgan fingerprint density at radius 2 is 1.67 bits per heavy atom. The molecule has 1 aliphatic carbocycles. The van der Waals surface area contributed by atoms with Gasteiger partial charge in [-0.3, -0.25) is 9.36 Å². The summed E-state index contributed by atoms with van der Waals surface area (Å²) in [5.74, 6) is -2.32. The minimum atomic E-state index is -1.18. The lowest BCUT2D eigenvalue weighted by Crippen LogP contribution is -2.52. The number of methoxy groups -OCH3 is 1. The van der Waals surface area contributed by atoms with Gasteiger partial charge in [0.1, 0.15) is 11.6 Å². The molecule has 0 aliphatic heterocycles. The molecule has 2 aromatic rings. The summed E-state index contributed by atoms with van der Waals surface area (Å²) in [7, 11) is 1.52. The zero-order chi connectivity index (χ0) is 24.8. The van der Waals surface area contributed by atoms with E-state index in [1.165, 1.54) is 18.7 Å². The highest BCUT2D eigenvalue weighted by Gasteiger charge is 2.54. The lowest BCUT2D eigenvalue weighted by atomic mass is 9.62. The summed E-state index contributed by atoms with van der Waals surface area (Å²) >= 11 is 0. The van der Waals surface area contributed by atoms with Gasteiger partial charge in [-0.05, 0) is 46.6 Å². The average Bonchev–Trinajstić information content (AvgIpc) is 3.03. The number of nitriles is 1. The molecule has 2 heterocycles. The first-order chi connectivity index (χ1) is 15.4. The third-order valence-corrected chi connectivity index (χ3v) is 6.43. The van der Waals surface area contributed by atoms with Crippen LogP contribution in [-0.4, -0.2) is 60.7 Å². The number of hydrogen-bond acceptors (Lipinski definition) is 8. The van der Waals surface area contributed by atoms with E-state index in [0.29, 0.717) is 24.3 Å². The fourth-order valence-corrected chi connectivity index (χ4v) is 4.72. The molecule has 1 saturated carbocycles. The van der Waals surface area contributed by atoms with Crippen molar-refractivity contribution in [2.45, 2.75) is 77.2 Å². The van der Waals surface area contributed by atoms with E-state index in [1.807, 2.05) is 26.8 Å². The molecule has 0 spiro atoms. The summed E-state index contributed by atoms with van der Waals surface area (Å²) in [6, 6.07) is 1.88. The van der Waals surface area contributed by atoms with Gasteiger partial charge in [0.2, 0.25) is 5.88 Å². The smallest absolute Gasteiger partial charge is 0.271 e. The predicted molar refractivity (Wildman–Crippen MR) is 119 cm³/mol. The number of aromatic hydroxyl groups is 2. The fraction of sp³-hybridized carbons (Fsp3) is 0.609. The van der Waals surface area contributed by atoms with Crippen molar-refractivity contribution in [2.75, 3.05) is 13.7 Å². The maximum atomic E-state index is 12.7. The zero-order valence-corrected chi connectivity index (χ0v) is 19.8. The minimum Gasteiger partial charge on any atom is -0.494 e. The summed E-state index contributed by atoms with van der Waals surface area (Å²) in [5.41, 5.74) is -0.106. The molecule has 1 fully saturated rings. The van der Waals surface area contributed by atoms with Crippen LogP contribution < -0.4 is 5.56 Å². The van der Waals surface area contributed by atoms with E-state index in [1.54, 1.807) is 6.92 Å². The SMILES string of the molecule is COCCCn1c(O)c(C2C(O)C(c3c(C)nn(C(C)(C)C)c3O)C2O)c(C)c(C#N)c1=O. The van der Waals surface area contributed by atoms with Crippen molar-refractivity contribution in [3.8, 4) is 17.8 Å². The van der Waals surface area contributed by atoms with E-state index in [4.69, 9.17) is 4.74 Å². The van der Waals surface area contributed by atoms with E-state index in [2.05, 4.69) is 5.10 Å². The molecule has 1 aliphatic rings. The van der Waals surface area contributed by atoms with E-state index in [0.717, 1.165) is 4.57 Å². The number of aliphatic hydroxyl groups excluding tert-OH is 2. The zero-order valence-electron chi connectivity index (χ0n) is 19.8. The lowest BCUT2D eigenvalue weighted by molar-refractivity contribution is -0.0806. The van der Waals surface area contributed by atoms with E-state index in [9.17, 15) is 30.5 Å². The molecule has 4 N–H and O–H groups in total. The van der Waals surface area contributed by atoms with Gasteiger partial charge < -0.3 is 25.2 Å². The third-order valence-electron chi connectivity index (χ3n) is 6.43. The van der Waals surface area contributed by atoms with Crippen LogP contribution in [0.2, 0.25) is 0 Å². The molecule has 0 bridgehead atoms. The number of aryl methyl sites for hydroxylation is 1. The van der Waals surface area contributed by atoms with Crippen LogP contribution in [0.4, 0.5) is 0 Å². The molecule has 2 aromatic heterocycles. The molecule has 0 radical (unpaired) electrons. The van der Waals surface area contributed by atoms with Crippen molar-refractivity contribution in [3.05, 3.63) is 38.3 Å². The molecule has 180 valence electrons. The second kappa shape index (κ2) is 8.82. The molecule has 0 aromatic carbocycles. The minimum absolute atomic E-state index is 0.112. The number of nitrogens with zero attached hydrogens (tertiary/aromatic N) is 4. The molecular weight excluding hydrogens is 428 g/mol. The second-order valence-electron chi connectivity index (χ2n) is 9.59. The van der Waals surface area contributed by atoms with Crippen LogP contribution in [0.5, 0.6) is 11.8 Å². The topological polar surface area (TPSA) is 154 Å². The number of rotatable bonds is 6. The Bertz CT molecular complexity index is 1140. The Kier molecular flexibility index (Phi) is 6.62. The van der Waals surface area contributed by atoms with Gasteiger partial charge in [0.05, 0.1) is 23.4 Å². The summed E-state index contributed by atoms with van der Waals surface area (Å²) in [6.07, 6.45) is -1.93. The Balaban J connectivity index is 2.07. The highest BCUT2D eigenvalue weighted by atomic mass is 16.5. The fourth-order valence-electron chi connectivity index (χ4n) is 4.72. The van der Waals surface area contributed by atoms with Crippen LogP contribution >= 0.6 is 0 Å². The van der Waals surface area contributed by atoms with Gasteiger partial charge in [0.25, 0.3) is 5.56 Å². The quantitative estimate of drug-likeness (QED) is 0.471. The maximum Gasteiger partial charge on any atom is 0.271 e. The normalized spacial score (nSPS) is 22.8. The highest BCUT2D eigenvalue weighted by Crippen LogP contribution is 2.53. The first-order valence-electron chi connectivity index (χ1n) is 10.9. The first kappa shape index (κ1) is 24.8. The second-order valence-corrected chi connectivity index (χ2v) is 9.59. The van der Waals surface area contributed by atoms with Gasteiger partial charge in [0.15, 0.2) is 5.88 Å². The first-order valence-corrected chi connectivity index (χ1v) is 10.9. The van der Waals surface area contributed by atoms with Crippen molar-refractivity contribution in [1.29, 1.82) is 5.26 Å². The molecule has 2 atom stereocenters. The van der Waals surface area contributed by atoms with E-state index in [-0.39, 0.29) is 35.0 Å². The predicted octanol–water partition coefficient (Wildman–Crippen LogP) is 1.34. The molecule has 2 unspecified atom stereocenters. The average molecular weight is 461 g/mol. The monoisotopic (exact) mass is 460 g/mol. The van der Waals surface area contributed by atoms with Gasteiger partial charge >= 0.3 is 0 Å². The van der Waals surface area contributed by atoms with Crippen LogP contribution in [-0.2, 0) is 16.8 Å². The van der Waals surface area contributed by atoms with Crippen LogP contribution in [0.3, 0.4) is 0 Å². The molecule has 3 rings (SSSR count). The number of hydrogen-bond donors (Lipinski definition) is 4. The molecular formula is C23H32N4O6. The summed E-state index contributed by atoms with van der Waals surface area (Å²) < 4.78 is 7.52. The van der Waals surface area contributed by atoms with Crippen LogP contribution in [0, 0.1) is 25.2 Å². The number of aromatic nitrogens is 3. The van der Waals surface area contributed by atoms with Crippen LogP contribution in [0.15, 0.2) is 4.79 Å².